The summed E-state index contributed by atoms with van der Waals surface area (Å²) in [6, 6.07) is 11.1. The van der Waals surface area contributed by atoms with Crippen LogP contribution in [0.5, 0.6) is 0 Å². The number of nitrogens with two attached hydrogens (primary N) is 1. The molecule has 21 heavy (non-hydrogen) atoms. The summed E-state index contributed by atoms with van der Waals surface area (Å²) in [7, 11) is 0. The zero-order valence-electron chi connectivity index (χ0n) is 11.9. The van der Waals surface area contributed by atoms with Crippen molar-refractivity contribution in [1.29, 1.82) is 0 Å². The predicted octanol–water partition coefficient (Wildman–Crippen LogP) is 4.75. The number of rotatable bonds is 2. The molecule has 0 aromatic heterocycles. The molecule has 1 fully saturated rings. The Balaban J connectivity index is 2.06. The van der Waals surface area contributed by atoms with E-state index < -0.39 is 17.2 Å². The van der Waals surface area contributed by atoms with Gasteiger partial charge < -0.3 is 5.73 Å². The van der Waals surface area contributed by atoms with Crippen molar-refractivity contribution in [2.24, 2.45) is 5.73 Å². The first-order valence-corrected chi connectivity index (χ1v) is 7.44. The molecular weight excluding hydrogens is 268 g/mol. The molecule has 0 bridgehead atoms. The molecule has 2 aromatic carbocycles. The lowest BCUT2D eigenvalue weighted by Gasteiger charge is -2.34. The van der Waals surface area contributed by atoms with Crippen molar-refractivity contribution in [3.8, 4) is 11.1 Å². The van der Waals surface area contributed by atoms with E-state index in [9.17, 15) is 8.78 Å². The van der Waals surface area contributed by atoms with Crippen molar-refractivity contribution in [3.63, 3.8) is 0 Å². The van der Waals surface area contributed by atoms with Crippen LogP contribution in [0.4, 0.5) is 8.78 Å². The predicted molar refractivity (Wildman–Crippen MR) is 80.7 cm³/mol. The summed E-state index contributed by atoms with van der Waals surface area (Å²) in [5.41, 5.74) is 7.57. The van der Waals surface area contributed by atoms with E-state index in [2.05, 4.69) is 0 Å². The third-order valence-corrected chi connectivity index (χ3v) is 4.45. The third kappa shape index (κ3) is 2.70. The van der Waals surface area contributed by atoms with Gasteiger partial charge in [-0.25, -0.2) is 8.78 Å². The van der Waals surface area contributed by atoms with Crippen LogP contribution in [0.2, 0.25) is 0 Å². The van der Waals surface area contributed by atoms with E-state index in [0.29, 0.717) is 5.56 Å². The normalized spacial score (nSPS) is 17.7. The van der Waals surface area contributed by atoms with Crippen LogP contribution in [0.25, 0.3) is 11.1 Å². The summed E-state index contributed by atoms with van der Waals surface area (Å²) in [6.45, 7) is 0. The van der Waals surface area contributed by atoms with Crippen LogP contribution in [0.1, 0.15) is 37.7 Å². The van der Waals surface area contributed by atoms with Crippen LogP contribution in [0.15, 0.2) is 42.5 Å². The highest BCUT2D eigenvalue weighted by atomic mass is 19.1. The van der Waals surface area contributed by atoms with Crippen LogP contribution in [-0.4, -0.2) is 0 Å². The monoisotopic (exact) mass is 287 g/mol. The molecule has 2 N–H and O–H groups in total. The molecule has 1 aliphatic carbocycles. The fourth-order valence-corrected chi connectivity index (χ4v) is 3.19. The maximum Gasteiger partial charge on any atom is 0.131 e. The molecule has 1 saturated carbocycles. The molecule has 0 heterocycles. The zero-order chi connectivity index (χ0) is 14.9. The molecule has 1 nitrogen and oxygen atoms in total. The Hall–Kier alpha value is -1.74. The molecule has 110 valence electrons. The van der Waals surface area contributed by atoms with Gasteiger partial charge in [-0.1, -0.05) is 43.5 Å². The molecule has 0 saturated heterocycles. The van der Waals surface area contributed by atoms with E-state index in [1.807, 2.05) is 0 Å². The van der Waals surface area contributed by atoms with Crippen LogP contribution >= 0.6 is 0 Å². The molecular formula is C18H19F2N. The lowest BCUT2D eigenvalue weighted by molar-refractivity contribution is 0.302. The average Bonchev–Trinajstić information content (AvgIpc) is 2.49. The second-order valence-electron chi connectivity index (χ2n) is 5.89. The van der Waals surface area contributed by atoms with Crippen molar-refractivity contribution in [1.82, 2.24) is 0 Å². The maximum atomic E-state index is 14.1. The molecule has 3 heteroatoms. The van der Waals surface area contributed by atoms with Crippen LogP contribution in [0, 0.1) is 11.6 Å². The van der Waals surface area contributed by atoms with E-state index in [0.717, 1.165) is 31.2 Å². The van der Waals surface area contributed by atoms with Crippen molar-refractivity contribution >= 4 is 0 Å². The fraction of sp³-hybridized carbons (Fsp3) is 0.333. The lowest BCUT2D eigenvalue weighted by atomic mass is 9.77. The molecule has 0 atom stereocenters. The Morgan fingerprint density at radius 3 is 2.19 bits per heavy atom. The Kier molecular flexibility index (Phi) is 3.77. The lowest BCUT2D eigenvalue weighted by Crippen LogP contribution is -2.38. The topological polar surface area (TPSA) is 26.0 Å². The van der Waals surface area contributed by atoms with E-state index in [4.69, 9.17) is 5.73 Å². The van der Waals surface area contributed by atoms with Gasteiger partial charge in [0, 0.05) is 16.7 Å². The minimum absolute atomic E-state index is 0.288. The third-order valence-electron chi connectivity index (χ3n) is 4.45. The summed E-state index contributed by atoms with van der Waals surface area (Å²) in [6.07, 6.45) is 5.16. The smallest absolute Gasteiger partial charge is 0.131 e. The maximum absolute atomic E-state index is 14.1. The summed E-state index contributed by atoms with van der Waals surface area (Å²) < 4.78 is 28.0. The summed E-state index contributed by atoms with van der Waals surface area (Å²) >= 11 is 0. The minimum atomic E-state index is -0.414. The zero-order valence-corrected chi connectivity index (χ0v) is 11.9. The van der Waals surface area contributed by atoms with Gasteiger partial charge in [0.2, 0.25) is 0 Å². The minimum Gasteiger partial charge on any atom is -0.321 e. The first kappa shape index (κ1) is 14.2. The first-order valence-electron chi connectivity index (χ1n) is 7.44. The average molecular weight is 287 g/mol. The van der Waals surface area contributed by atoms with Gasteiger partial charge >= 0.3 is 0 Å². The van der Waals surface area contributed by atoms with E-state index in [1.54, 1.807) is 30.3 Å². The Morgan fingerprint density at radius 1 is 0.810 bits per heavy atom. The summed E-state index contributed by atoms with van der Waals surface area (Å²) in [5, 5.41) is 0. The fourth-order valence-electron chi connectivity index (χ4n) is 3.19. The highest BCUT2D eigenvalue weighted by Crippen LogP contribution is 2.37. The van der Waals surface area contributed by atoms with E-state index >= 15 is 0 Å². The Morgan fingerprint density at radius 2 is 1.48 bits per heavy atom. The second-order valence-corrected chi connectivity index (χ2v) is 5.89. The van der Waals surface area contributed by atoms with Gasteiger partial charge in [-0.3, -0.25) is 0 Å². The molecule has 0 aliphatic heterocycles. The molecule has 3 rings (SSSR count). The Labute approximate surface area is 123 Å². The molecule has 2 aromatic rings. The van der Waals surface area contributed by atoms with Crippen LogP contribution in [0.3, 0.4) is 0 Å². The van der Waals surface area contributed by atoms with Gasteiger partial charge in [-0.05, 0) is 36.6 Å². The number of hydrogen-bond acceptors (Lipinski definition) is 1. The number of hydrogen-bond donors (Lipinski definition) is 1. The van der Waals surface area contributed by atoms with E-state index in [1.165, 1.54) is 18.6 Å². The Bertz CT molecular complexity index is 645. The van der Waals surface area contributed by atoms with Gasteiger partial charge in [0.25, 0.3) is 0 Å². The highest BCUT2D eigenvalue weighted by Gasteiger charge is 2.30. The largest absolute Gasteiger partial charge is 0.321 e. The SMILES string of the molecule is NC1(c2ccc(F)c(-c3ccccc3F)c2)CCCCC1. The van der Waals surface area contributed by atoms with Gasteiger partial charge in [-0.15, -0.1) is 0 Å². The van der Waals surface area contributed by atoms with Crippen LogP contribution < -0.4 is 5.73 Å². The van der Waals surface area contributed by atoms with Gasteiger partial charge in [0.1, 0.15) is 11.6 Å². The summed E-state index contributed by atoms with van der Waals surface area (Å²) in [4.78, 5) is 0. The molecule has 0 unspecified atom stereocenters. The molecule has 1 aliphatic rings. The number of benzene rings is 2. The molecule has 0 amide bonds. The van der Waals surface area contributed by atoms with Crippen molar-refractivity contribution in [2.75, 3.05) is 0 Å². The first-order chi connectivity index (χ1) is 10.1. The molecule has 0 spiro atoms. The summed E-state index contributed by atoms with van der Waals surface area (Å²) in [5.74, 6) is -0.827. The molecule has 0 radical (unpaired) electrons. The van der Waals surface area contributed by atoms with E-state index in [-0.39, 0.29) is 5.56 Å². The second kappa shape index (κ2) is 5.57. The van der Waals surface area contributed by atoms with Crippen LogP contribution in [-0.2, 0) is 5.54 Å². The standard InChI is InChI=1S/C18H19F2N/c19-16-7-3-2-6-14(16)15-12-13(8-9-17(15)20)18(21)10-4-1-5-11-18/h2-3,6-9,12H,1,4-5,10-11,21H2. The highest BCUT2D eigenvalue weighted by molar-refractivity contribution is 5.66. The van der Waals surface area contributed by atoms with Gasteiger partial charge in [0.05, 0.1) is 0 Å². The van der Waals surface area contributed by atoms with Gasteiger partial charge in [0.15, 0.2) is 0 Å². The van der Waals surface area contributed by atoms with Crippen molar-refractivity contribution < 1.29 is 8.78 Å². The van der Waals surface area contributed by atoms with Crippen molar-refractivity contribution in [3.05, 3.63) is 59.7 Å². The number of halogens is 2. The quantitative estimate of drug-likeness (QED) is 0.847. The van der Waals surface area contributed by atoms with Gasteiger partial charge in [-0.2, -0.15) is 0 Å². The van der Waals surface area contributed by atoms with Crippen molar-refractivity contribution in [2.45, 2.75) is 37.6 Å².